The third kappa shape index (κ3) is 3.19. The predicted molar refractivity (Wildman–Crippen MR) is 99.5 cm³/mol. The molecule has 0 unspecified atom stereocenters. The molecule has 0 aliphatic rings. The highest BCUT2D eigenvalue weighted by Crippen LogP contribution is 2.13. The third-order valence-electron chi connectivity index (χ3n) is 3.99. The second-order valence-corrected chi connectivity index (χ2v) is 5.62. The molecule has 7 nitrogen and oxygen atoms in total. The minimum absolute atomic E-state index is 0.184. The van der Waals surface area contributed by atoms with Gasteiger partial charge in [-0.1, -0.05) is 18.2 Å². The van der Waals surface area contributed by atoms with Crippen molar-refractivity contribution in [2.45, 2.75) is 13.5 Å². The van der Waals surface area contributed by atoms with E-state index in [2.05, 4.69) is 15.7 Å². The van der Waals surface area contributed by atoms with Gasteiger partial charge in [-0.05, 0) is 37.3 Å². The lowest BCUT2D eigenvalue weighted by Crippen LogP contribution is -2.27. The Morgan fingerprint density at radius 3 is 2.58 bits per heavy atom. The van der Waals surface area contributed by atoms with Crippen LogP contribution in [0.15, 0.2) is 53.3 Å². The van der Waals surface area contributed by atoms with Crippen molar-refractivity contribution in [1.82, 2.24) is 15.1 Å². The Labute approximate surface area is 149 Å². The van der Waals surface area contributed by atoms with Gasteiger partial charge >= 0.3 is 0 Å². The first kappa shape index (κ1) is 17.3. The molecule has 0 aliphatic heterocycles. The van der Waals surface area contributed by atoms with Gasteiger partial charge in [0.25, 0.3) is 11.8 Å². The number of carbonyl (C=O) groups excluding carboxylic acids is 2. The molecule has 1 heterocycles. The first-order chi connectivity index (χ1) is 12.5. The van der Waals surface area contributed by atoms with Crippen LogP contribution in [0.3, 0.4) is 0 Å². The van der Waals surface area contributed by atoms with Gasteiger partial charge in [0.2, 0.25) is 5.43 Å². The van der Waals surface area contributed by atoms with Gasteiger partial charge in [0.1, 0.15) is 0 Å². The van der Waals surface area contributed by atoms with E-state index in [0.29, 0.717) is 28.7 Å². The molecule has 0 radical (unpaired) electrons. The molecule has 26 heavy (non-hydrogen) atoms. The lowest BCUT2D eigenvalue weighted by molar-refractivity contribution is 0.0961. The molecule has 3 aromatic rings. The van der Waals surface area contributed by atoms with Crippen LogP contribution >= 0.6 is 0 Å². The smallest absolute Gasteiger partial charge is 0.280 e. The Morgan fingerprint density at radius 2 is 1.85 bits per heavy atom. The molecule has 0 bridgehead atoms. The number of hydrogen-bond acceptors (Lipinski definition) is 4. The molecule has 2 amide bonds. The lowest BCUT2D eigenvalue weighted by Gasteiger charge is -2.11. The van der Waals surface area contributed by atoms with E-state index in [4.69, 9.17) is 0 Å². The number of aromatic nitrogens is 2. The topological polar surface area (TPSA) is 93.1 Å². The predicted octanol–water partition coefficient (Wildman–Crippen LogP) is 2.03. The molecule has 0 saturated heterocycles. The standard InChI is InChI=1S/C19H18N4O3/c1-3-23-15-10-5-4-9-14(15)17(24)16(22-23)19(26)21-13-8-6-7-12(11-13)18(25)20-2/h4-11H,3H2,1-2H3,(H,20,25)(H,21,26). The molecule has 2 N–H and O–H groups in total. The van der Waals surface area contributed by atoms with Gasteiger partial charge in [0.05, 0.1) is 5.52 Å². The Balaban J connectivity index is 2.00. The van der Waals surface area contributed by atoms with Gasteiger partial charge in [-0.25, -0.2) is 0 Å². The number of rotatable bonds is 4. The zero-order chi connectivity index (χ0) is 18.7. The van der Waals surface area contributed by atoms with Crippen molar-refractivity contribution in [2.24, 2.45) is 0 Å². The van der Waals surface area contributed by atoms with Crippen LogP contribution in [0.4, 0.5) is 5.69 Å². The Bertz CT molecular complexity index is 1060. The number of benzene rings is 2. The van der Waals surface area contributed by atoms with Crippen LogP contribution < -0.4 is 16.1 Å². The molecule has 0 saturated carbocycles. The number of carbonyl (C=O) groups is 2. The van der Waals surface area contributed by atoms with Crippen molar-refractivity contribution in [2.75, 3.05) is 12.4 Å². The van der Waals surface area contributed by atoms with E-state index in [1.54, 1.807) is 41.1 Å². The summed E-state index contributed by atoms with van der Waals surface area (Å²) < 4.78 is 1.62. The second kappa shape index (κ2) is 7.18. The molecular weight excluding hydrogens is 332 g/mol. The summed E-state index contributed by atoms with van der Waals surface area (Å²) in [6, 6.07) is 13.5. The fourth-order valence-corrected chi connectivity index (χ4v) is 2.70. The average molecular weight is 350 g/mol. The van der Waals surface area contributed by atoms with Gasteiger partial charge in [0.15, 0.2) is 5.69 Å². The number of aryl methyl sites for hydroxylation is 1. The van der Waals surface area contributed by atoms with Crippen molar-refractivity contribution in [3.63, 3.8) is 0 Å². The number of amides is 2. The van der Waals surface area contributed by atoms with Gasteiger partial charge in [-0.2, -0.15) is 5.10 Å². The van der Waals surface area contributed by atoms with Crippen molar-refractivity contribution < 1.29 is 9.59 Å². The summed E-state index contributed by atoms with van der Waals surface area (Å²) in [7, 11) is 1.53. The zero-order valence-corrected chi connectivity index (χ0v) is 14.4. The third-order valence-corrected chi connectivity index (χ3v) is 3.99. The number of anilines is 1. The molecule has 1 aromatic heterocycles. The number of hydrogen-bond donors (Lipinski definition) is 2. The van der Waals surface area contributed by atoms with Gasteiger partial charge in [-0.3, -0.25) is 19.1 Å². The van der Waals surface area contributed by atoms with E-state index in [1.165, 1.54) is 13.1 Å². The SMILES string of the molecule is CCn1nc(C(=O)Nc2cccc(C(=O)NC)c2)c(=O)c2ccccc21. The van der Waals surface area contributed by atoms with Gasteiger partial charge in [-0.15, -0.1) is 0 Å². The molecule has 2 aromatic carbocycles. The summed E-state index contributed by atoms with van der Waals surface area (Å²) in [5, 5.41) is 9.80. The van der Waals surface area contributed by atoms with E-state index in [0.717, 1.165) is 0 Å². The van der Waals surface area contributed by atoms with Crippen molar-refractivity contribution in [1.29, 1.82) is 0 Å². The molecule has 0 fully saturated rings. The molecular formula is C19H18N4O3. The number of para-hydroxylation sites is 1. The molecule has 0 atom stereocenters. The van der Waals surface area contributed by atoms with E-state index in [1.807, 2.05) is 13.0 Å². The highest BCUT2D eigenvalue weighted by Gasteiger charge is 2.17. The molecule has 132 valence electrons. The molecule has 7 heteroatoms. The zero-order valence-electron chi connectivity index (χ0n) is 14.4. The second-order valence-electron chi connectivity index (χ2n) is 5.62. The van der Waals surface area contributed by atoms with Crippen LogP contribution in [0, 0.1) is 0 Å². The van der Waals surface area contributed by atoms with Crippen LogP contribution in [0.25, 0.3) is 10.9 Å². The maximum absolute atomic E-state index is 12.6. The maximum Gasteiger partial charge on any atom is 0.280 e. The van der Waals surface area contributed by atoms with Crippen LogP contribution in [-0.2, 0) is 6.54 Å². The normalized spacial score (nSPS) is 10.5. The fourth-order valence-electron chi connectivity index (χ4n) is 2.70. The number of fused-ring (bicyclic) bond motifs is 1. The quantitative estimate of drug-likeness (QED) is 0.753. The summed E-state index contributed by atoms with van der Waals surface area (Å²) in [5.74, 6) is -0.879. The minimum Gasteiger partial charge on any atom is -0.355 e. The number of nitrogens with one attached hydrogen (secondary N) is 2. The summed E-state index contributed by atoms with van der Waals surface area (Å²) >= 11 is 0. The Kier molecular flexibility index (Phi) is 4.79. The fraction of sp³-hybridized carbons (Fsp3) is 0.158. The Hall–Kier alpha value is -3.48. The van der Waals surface area contributed by atoms with E-state index in [9.17, 15) is 14.4 Å². The van der Waals surface area contributed by atoms with E-state index < -0.39 is 11.3 Å². The molecule has 3 rings (SSSR count). The first-order valence-electron chi connectivity index (χ1n) is 8.18. The monoisotopic (exact) mass is 350 g/mol. The highest BCUT2D eigenvalue weighted by molar-refractivity contribution is 6.05. The highest BCUT2D eigenvalue weighted by atomic mass is 16.2. The van der Waals surface area contributed by atoms with E-state index >= 15 is 0 Å². The van der Waals surface area contributed by atoms with Crippen LogP contribution in [-0.4, -0.2) is 28.6 Å². The average Bonchev–Trinajstić information content (AvgIpc) is 2.68. The van der Waals surface area contributed by atoms with Gasteiger partial charge < -0.3 is 10.6 Å². The largest absolute Gasteiger partial charge is 0.355 e. The van der Waals surface area contributed by atoms with Crippen LogP contribution in [0.1, 0.15) is 27.8 Å². The molecule has 0 aliphatic carbocycles. The summed E-state index contributed by atoms with van der Waals surface area (Å²) in [6.07, 6.45) is 0. The van der Waals surface area contributed by atoms with Crippen molar-refractivity contribution in [3.8, 4) is 0 Å². The lowest BCUT2D eigenvalue weighted by atomic mass is 10.1. The van der Waals surface area contributed by atoms with Crippen molar-refractivity contribution >= 4 is 28.4 Å². The summed E-state index contributed by atoms with van der Waals surface area (Å²) in [5.41, 5.74) is 0.885. The summed E-state index contributed by atoms with van der Waals surface area (Å²) in [4.78, 5) is 37.0. The van der Waals surface area contributed by atoms with Gasteiger partial charge in [0, 0.05) is 30.2 Å². The van der Waals surface area contributed by atoms with Crippen LogP contribution in [0.5, 0.6) is 0 Å². The Morgan fingerprint density at radius 1 is 1.08 bits per heavy atom. The minimum atomic E-state index is -0.614. The molecule has 0 spiro atoms. The maximum atomic E-state index is 12.6. The summed E-state index contributed by atoms with van der Waals surface area (Å²) in [6.45, 7) is 2.41. The van der Waals surface area contributed by atoms with E-state index in [-0.39, 0.29) is 11.6 Å². The van der Waals surface area contributed by atoms with Crippen LogP contribution in [0.2, 0.25) is 0 Å². The number of nitrogens with zero attached hydrogens (tertiary/aromatic N) is 2. The first-order valence-corrected chi connectivity index (χ1v) is 8.18. The van der Waals surface area contributed by atoms with Crippen molar-refractivity contribution in [3.05, 3.63) is 70.0 Å².